The van der Waals surface area contributed by atoms with Crippen LogP contribution < -0.4 is 15.1 Å². The summed E-state index contributed by atoms with van der Waals surface area (Å²) in [6.07, 6.45) is 3.81. The molecule has 1 aliphatic heterocycles. The molecule has 1 aromatic rings. The maximum atomic E-state index is 11.8. The summed E-state index contributed by atoms with van der Waals surface area (Å²) in [5.41, 5.74) is 2.09. The largest absolute Gasteiger partial charge is 0.372 e. The highest BCUT2D eigenvalue weighted by molar-refractivity contribution is 5.91. The van der Waals surface area contributed by atoms with E-state index in [1.54, 1.807) is 11.8 Å². The Kier molecular flexibility index (Phi) is 5.81. The fourth-order valence-electron chi connectivity index (χ4n) is 2.81. The molecular formula is C17H25N3O2. The molecule has 2 rings (SSSR count). The molecule has 0 aliphatic carbocycles. The minimum absolute atomic E-state index is 0.0175. The third-order valence-electron chi connectivity index (χ3n) is 3.97. The van der Waals surface area contributed by atoms with E-state index in [0.717, 1.165) is 18.8 Å². The van der Waals surface area contributed by atoms with Crippen LogP contribution in [0, 0.1) is 0 Å². The fraction of sp³-hybridized carbons (Fsp3) is 0.529. The van der Waals surface area contributed by atoms with Crippen molar-refractivity contribution in [2.75, 3.05) is 36.0 Å². The normalized spacial score (nSPS) is 14.5. The molecule has 0 aromatic heterocycles. The van der Waals surface area contributed by atoms with Crippen molar-refractivity contribution in [1.29, 1.82) is 0 Å². The van der Waals surface area contributed by atoms with Gasteiger partial charge in [-0.15, -0.1) is 0 Å². The smallest absolute Gasteiger partial charge is 0.223 e. The highest BCUT2D eigenvalue weighted by Gasteiger charge is 2.14. The van der Waals surface area contributed by atoms with Crippen LogP contribution in [0.15, 0.2) is 24.3 Å². The van der Waals surface area contributed by atoms with Gasteiger partial charge < -0.3 is 15.1 Å². The molecule has 1 heterocycles. The molecule has 1 fully saturated rings. The maximum absolute atomic E-state index is 11.8. The molecule has 1 aliphatic rings. The Morgan fingerprint density at radius 2 is 1.73 bits per heavy atom. The van der Waals surface area contributed by atoms with E-state index in [0.29, 0.717) is 13.1 Å². The summed E-state index contributed by atoms with van der Waals surface area (Å²) in [4.78, 5) is 26.8. The lowest BCUT2D eigenvalue weighted by molar-refractivity contribution is -0.119. The van der Waals surface area contributed by atoms with E-state index in [-0.39, 0.29) is 11.8 Å². The second kappa shape index (κ2) is 7.82. The van der Waals surface area contributed by atoms with Gasteiger partial charge in [-0.05, 0) is 43.5 Å². The van der Waals surface area contributed by atoms with Crippen LogP contribution in [0.5, 0.6) is 0 Å². The average Bonchev–Trinajstić information content (AvgIpc) is 2.52. The molecule has 120 valence electrons. The summed E-state index contributed by atoms with van der Waals surface area (Å²) in [6.45, 7) is 6.19. The number of nitrogens with zero attached hydrogens (tertiary/aromatic N) is 2. The quantitative estimate of drug-likeness (QED) is 0.907. The van der Waals surface area contributed by atoms with Crippen molar-refractivity contribution >= 4 is 23.2 Å². The molecule has 5 nitrogen and oxygen atoms in total. The third kappa shape index (κ3) is 4.48. The number of rotatable bonds is 5. The number of hydrogen-bond acceptors (Lipinski definition) is 3. The average molecular weight is 303 g/mol. The first-order valence-electron chi connectivity index (χ1n) is 7.95. The number of carbonyl (C=O) groups is 2. The Bertz CT molecular complexity index is 507. The van der Waals surface area contributed by atoms with Crippen LogP contribution in [0.3, 0.4) is 0 Å². The maximum Gasteiger partial charge on any atom is 0.223 e. The Balaban J connectivity index is 2.01. The van der Waals surface area contributed by atoms with Gasteiger partial charge in [0.1, 0.15) is 0 Å². The Morgan fingerprint density at radius 3 is 2.27 bits per heavy atom. The van der Waals surface area contributed by atoms with Gasteiger partial charge in [-0.2, -0.15) is 0 Å². The molecule has 2 amide bonds. The van der Waals surface area contributed by atoms with Gasteiger partial charge in [-0.1, -0.05) is 0 Å². The molecule has 0 spiro atoms. The van der Waals surface area contributed by atoms with E-state index in [4.69, 9.17) is 0 Å². The number of benzene rings is 1. The van der Waals surface area contributed by atoms with Gasteiger partial charge in [0.05, 0.1) is 0 Å². The summed E-state index contributed by atoms with van der Waals surface area (Å²) >= 11 is 0. The van der Waals surface area contributed by atoms with Crippen LogP contribution in [0.1, 0.15) is 33.1 Å². The molecule has 0 saturated carbocycles. The summed E-state index contributed by atoms with van der Waals surface area (Å²) in [6, 6.07) is 8.13. The van der Waals surface area contributed by atoms with E-state index < -0.39 is 0 Å². The van der Waals surface area contributed by atoms with Crippen LogP contribution >= 0.6 is 0 Å². The van der Waals surface area contributed by atoms with Crippen molar-refractivity contribution in [2.24, 2.45) is 0 Å². The first-order chi connectivity index (χ1) is 10.6. The Morgan fingerprint density at radius 1 is 1.09 bits per heavy atom. The zero-order valence-corrected chi connectivity index (χ0v) is 13.5. The standard InChI is InChI=1S/C17H25N3O2/c1-14(21)18-10-13-20(15(2)22)17-8-6-16(7-9-17)19-11-4-3-5-12-19/h6-9H,3-5,10-13H2,1-2H3,(H,18,21). The van der Waals surface area contributed by atoms with Crippen LogP contribution in [-0.4, -0.2) is 38.0 Å². The number of piperidine rings is 1. The van der Waals surface area contributed by atoms with Crippen LogP contribution in [0.2, 0.25) is 0 Å². The zero-order chi connectivity index (χ0) is 15.9. The van der Waals surface area contributed by atoms with E-state index in [1.807, 2.05) is 12.1 Å². The first kappa shape index (κ1) is 16.3. The van der Waals surface area contributed by atoms with Crippen molar-refractivity contribution in [3.63, 3.8) is 0 Å². The van der Waals surface area contributed by atoms with Crippen molar-refractivity contribution in [2.45, 2.75) is 33.1 Å². The molecular weight excluding hydrogens is 278 g/mol. The topological polar surface area (TPSA) is 52.7 Å². The van der Waals surface area contributed by atoms with Crippen LogP contribution in [0.4, 0.5) is 11.4 Å². The van der Waals surface area contributed by atoms with Gasteiger partial charge in [0.2, 0.25) is 11.8 Å². The van der Waals surface area contributed by atoms with Crippen LogP contribution in [-0.2, 0) is 9.59 Å². The van der Waals surface area contributed by atoms with Crippen molar-refractivity contribution in [3.8, 4) is 0 Å². The van der Waals surface area contributed by atoms with Gasteiger partial charge in [0, 0.05) is 51.4 Å². The number of anilines is 2. The molecule has 0 unspecified atom stereocenters. The number of carbonyl (C=O) groups excluding carboxylic acids is 2. The molecule has 0 atom stereocenters. The fourth-order valence-corrected chi connectivity index (χ4v) is 2.81. The number of nitrogens with one attached hydrogen (secondary N) is 1. The molecule has 1 saturated heterocycles. The summed E-state index contributed by atoms with van der Waals surface area (Å²) < 4.78 is 0. The van der Waals surface area contributed by atoms with Gasteiger partial charge in [0.25, 0.3) is 0 Å². The van der Waals surface area contributed by atoms with Gasteiger partial charge >= 0.3 is 0 Å². The summed E-state index contributed by atoms with van der Waals surface area (Å²) in [7, 11) is 0. The lowest BCUT2D eigenvalue weighted by atomic mass is 10.1. The molecule has 1 N–H and O–H groups in total. The Labute approximate surface area is 132 Å². The zero-order valence-electron chi connectivity index (χ0n) is 13.5. The summed E-state index contributed by atoms with van der Waals surface area (Å²) in [5, 5.41) is 2.72. The lowest BCUT2D eigenvalue weighted by Gasteiger charge is -2.29. The molecule has 5 heteroatoms. The predicted molar refractivity (Wildman–Crippen MR) is 89.2 cm³/mol. The van der Waals surface area contributed by atoms with Crippen LogP contribution in [0.25, 0.3) is 0 Å². The molecule has 22 heavy (non-hydrogen) atoms. The summed E-state index contributed by atoms with van der Waals surface area (Å²) in [5.74, 6) is -0.0972. The molecule has 1 aromatic carbocycles. The number of hydrogen-bond donors (Lipinski definition) is 1. The van der Waals surface area contributed by atoms with Crippen molar-refractivity contribution < 1.29 is 9.59 Å². The van der Waals surface area contributed by atoms with Crippen molar-refractivity contribution in [1.82, 2.24) is 5.32 Å². The van der Waals surface area contributed by atoms with E-state index >= 15 is 0 Å². The number of amides is 2. The highest BCUT2D eigenvalue weighted by Crippen LogP contribution is 2.23. The van der Waals surface area contributed by atoms with E-state index in [9.17, 15) is 9.59 Å². The van der Waals surface area contributed by atoms with E-state index in [2.05, 4.69) is 22.3 Å². The first-order valence-corrected chi connectivity index (χ1v) is 7.95. The van der Waals surface area contributed by atoms with Gasteiger partial charge in [0.15, 0.2) is 0 Å². The SMILES string of the molecule is CC(=O)NCCN(C(C)=O)c1ccc(N2CCCCC2)cc1. The minimum Gasteiger partial charge on any atom is -0.372 e. The van der Waals surface area contributed by atoms with Crippen molar-refractivity contribution in [3.05, 3.63) is 24.3 Å². The van der Waals surface area contributed by atoms with Gasteiger partial charge in [-0.3, -0.25) is 9.59 Å². The monoisotopic (exact) mass is 303 g/mol. The minimum atomic E-state index is -0.0797. The predicted octanol–water partition coefficient (Wildman–Crippen LogP) is 2.17. The highest BCUT2D eigenvalue weighted by atomic mass is 16.2. The second-order valence-electron chi connectivity index (χ2n) is 5.72. The molecule has 0 bridgehead atoms. The lowest BCUT2D eigenvalue weighted by Crippen LogP contribution is -2.37. The molecule has 0 radical (unpaired) electrons. The second-order valence-corrected chi connectivity index (χ2v) is 5.72. The Hall–Kier alpha value is -2.04. The van der Waals surface area contributed by atoms with Gasteiger partial charge in [-0.25, -0.2) is 0 Å². The third-order valence-corrected chi connectivity index (χ3v) is 3.97. The van der Waals surface area contributed by atoms with E-state index in [1.165, 1.54) is 31.9 Å².